The van der Waals surface area contributed by atoms with Crippen LogP contribution in [0.3, 0.4) is 0 Å². The van der Waals surface area contributed by atoms with Crippen LogP contribution in [0.15, 0.2) is 70.5 Å². The van der Waals surface area contributed by atoms with Crippen LogP contribution >= 0.6 is 15.9 Å². The largest absolute Gasteiger partial charge is 0.223 e. The van der Waals surface area contributed by atoms with Gasteiger partial charge in [-0.25, -0.2) is 8.42 Å². The predicted molar refractivity (Wildman–Crippen MR) is 81.7 cm³/mol. The molecule has 2 aromatic rings. The smallest absolute Gasteiger partial charge is 0.182 e. The van der Waals surface area contributed by atoms with Gasteiger partial charge in [0, 0.05) is 4.47 Å². The monoisotopic (exact) mass is 336 g/mol. The second kappa shape index (κ2) is 5.72. The molecule has 0 bridgehead atoms. The van der Waals surface area contributed by atoms with Gasteiger partial charge in [-0.3, -0.25) is 0 Å². The van der Waals surface area contributed by atoms with Gasteiger partial charge in [0.25, 0.3) is 0 Å². The van der Waals surface area contributed by atoms with Crippen molar-refractivity contribution in [3.63, 3.8) is 0 Å². The van der Waals surface area contributed by atoms with Gasteiger partial charge in [-0.1, -0.05) is 52.8 Å². The lowest BCUT2D eigenvalue weighted by Gasteiger charge is -2.07. The summed E-state index contributed by atoms with van der Waals surface area (Å²) in [6.45, 7) is 3.86. The fraction of sp³-hybridized carbons (Fsp3) is 0.0667. The highest BCUT2D eigenvalue weighted by atomic mass is 79.9. The SMILES string of the molecule is C=C(CS(=O)(=O)c1ccc(Br)cc1)c1ccccc1. The van der Waals surface area contributed by atoms with E-state index in [1.54, 1.807) is 24.3 Å². The summed E-state index contributed by atoms with van der Waals surface area (Å²) in [4.78, 5) is 0.313. The number of hydrogen-bond donors (Lipinski definition) is 0. The highest BCUT2D eigenvalue weighted by Crippen LogP contribution is 2.21. The molecule has 0 radical (unpaired) electrons. The van der Waals surface area contributed by atoms with Crippen LogP contribution in [0.5, 0.6) is 0 Å². The standard InChI is InChI=1S/C15H13BrO2S/c1-12(13-5-3-2-4-6-13)11-19(17,18)15-9-7-14(16)8-10-15/h2-10H,1,11H2. The van der Waals surface area contributed by atoms with E-state index in [1.165, 1.54) is 0 Å². The first kappa shape index (κ1) is 14.0. The molecule has 0 amide bonds. The number of benzene rings is 2. The van der Waals surface area contributed by atoms with Crippen molar-refractivity contribution in [2.75, 3.05) is 5.75 Å². The zero-order chi connectivity index (χ0) is 13.9. The van der Waals surface area contributed by atoms with Crippen LogP contribution in [0.1, 0.15) is 5.56 Å². The molecule has 0 spiro atoms. The van der Waals surface area contributed by atoms with Gasteiger partial charge in [-0.2, -0.15) is 0 Å². The second-order valence-corrected chi connectivity index (χ2v) is 7.09. The molecule has 0 aliphatic heterocycles. The third kappa shape index (κ3) is 3.55. The van der Waals surface area contributed by atoms with Crippen LogP contribution < -0.4 is 0 Å². The molecule has 2 nitrogen and oxygen atoms in total. The van der Waals surface area contributed by atoms with Gasteiger partial charge >= 0.3 is 0 Å². The molecule has 2 aromatic carbocycles. The summed E-state index contributed by atoms with van der Waals surface area (Å²) < 4.78 is 25.4. The molecule has 0 aliphatic carbocycles. The van der Waals surface area contributed by atoms with Crippen molar-refractivity contribution < 1.29 is 8.42 Å². The molecule has 0 N–H and O–H groups in total. The molecular weight excluding hydrogens is 324 g/mol. The third-order valence-electron chi connectivity index (χ3n) is 2.72. The summed E-state index contributed by atoms with van der Waals surface area (Å²) in [6, 6.07) is 16.0. The van der Waals surface area contributed by atoms with Crippen LogP contribution in [0.25, 0.3) is 5.57 Å². The molecule has 0 atom stereocenters. The zero-order valence-electron chi connectivity index (χ0n) is 10.2. The fourth-order valence-corrected chi connectivity index (χ4v) is 3.32. The maximum Gasteiger partial charge on any atom is 0.182 e. The van der Waals surface area contributed by atoms with Gasteiger partial charge in [0.05, 0.1) is 10.6 Å². The van der Waals surface area contributed by atoms with Crippen molar-refractivity contribution in [3.05, 3.63) is 71.2 Å². The van der Waals surface area contributed by atoms with E-state index in [2.05, 4.69) is 22.5 Å². The molecule has 0 saturated heterocycles. The van der Waals surface area contributed by atoms with E-state index in [1.807, 2.05) is 30.3 Å². The van der Waals surface area contributed by atoms with Crippen LogP contribution in [0.4, 0.5) is 0 Å². The van der Waals surface area contributed by atoms with Crippen molar-refractivity contribution in [1.82, 2.24) is 0 Å². The molecule has 0 heterocycles. The topological polar surface area (TPSA) is 34.1 Å². The first-order chi connectivity index (χ1) is 8.99. The van der Waals surface area contributed by atoms with E-state index >= 15 is 0 Å². The van der Waals surface area contributed by atoms with Gasteiger partial charge in [0.2, 0.25) is 0 Å². The predicted octanol–water partition coefficient (Wildman–Crippen LogP) is 3.94. The Morgan fingerprint density at radius 2 is 1.58 bits per heavy atom. The maximum atomic E-state index is 12.3. The second-order valence-electron chi connectivity index (χ2n) is 4.18. The fourth-order valence-electron chi connectivity index (χ4n) is 1.71. The van der Waals surface area contributed by atoms with Crippen LogP contribution in [-0.4, -0.2) is 14.2 Å². The summed E-state index contributed by atoms with van der Waals surface area (Å²) in [5.41, 5.74) is 1.45. The highest BCUT2D eigenvalue weighted by molar-refractivity contribution is 9.10. The van der Waals surface area contributed by atoms with Crippen molar-refractivity contribution in [3.8, 4) is 0 Å². The van der Waals surface area contributed by atoms with Gasteiger partial charge in [-0.05, 0) is 35.4 Å². The Morgan fingerprint density at radius 1 is 1.00 bits per heavy atom. The van der Waals surface area contributed by atoms with E-state index in [0.717, 1.165) is 10.0 Å². The lowest BCUT2D eigenvalue weighted by Crippen LogP contribution is -2.08. The lowest BCUT2D eigenvalue weighted by atomic mass is 10.1. The molecule has 0 aliphatic rings. The minimum absolute atomic E-state index is 0.0708. The normalized spacial score (nSPS) is 11.2. The zero-order valence-corrected chi connectivity index (χ0v) is 12.6. The third-order valence-corrected chi connectivity index (χ3v) is 4.97. The van der Waals surface area contributed by atoms with Gasteiger partial charge in [0.15, 0.2) is 9.84 Å². The summed E-state index contributed by atoms with van der Waals surface area (Å²) in [7, 11) is -3.34. The molecule has 0 fully saturated rings. The van der Waals surface area contributed by atoms with E-state index in [0.29, 0.717) is 10.5 Å². The molecule has 0 saturated carbocycles. The molecule has 0 aromatic heterocycles. The number of sulfone groups is 1. The maximum absolute atomic E-state index is 12.3. The van der Waals surface area contributed by atoms with Crippen molar-refractivity contribution in [2.45, 2.75) is 4.90 Å². The average Bonchev–Trinajstić information content (AvgIpc) is 2.40. The Bertz CT molecular complexity index is 674. The molecule has 19 heavy (non-hydrogen) atoms. The summed E-state index contributed by atoms with van der Waals surface area (Å²) >= 11 is 3.29. The van der Waals surface area contributed by atoms with Crippen LogP contribution in [-0.2, 0) is 9.84 Å². The first-order valence-electron chi connectivity index (χ1n) is 5.70. The highest BCUT2D eigenvalue weighted by Gasteiger charge is 2.16. The van der Waals surface area contributed by atoms with Crippen molar-refractivity contribution in [2.24, 2.45) is 0 Å². The molecular formula is C15H13BrO2S. The van der Waals surface area contributed by atoms with E-state index in [-0.39, 0.29) is 5.75 Å². The molecule has 2 rings (SSSR count). The molecule has 0 unspecified atom stereocenters. The van der Waals surface area contributed by atoms with Gasteiger partial charge < -0.3 is 0 Å². The van der Waals surface area contributed by atoms with Crippen LogP contribution in [0, 0.1) is 0 Å². The molecule has 4 heteroatoms. The minimum atomic E-state index is -3.34. The molecule has 98 valence electrons. The number of hydrogen-bond acceptors (Lipinski definition) is 2. The Labute approximate surface area is 121 Å². The van der Waals surface area contributed by atoms with Crippen molar-refractivity contribution in [1.29, 1.82) is 0 Å². The number of rotatable bonds is 4. The summed E-state index contributed by atoms with van der Waals surface area (Å²) in [5, 5.41) is 0. The summed E-state index contributed by atoms with van der Waals surface area (Å²) in [5.74, 6) is -0.0708. The van der Waals surface area contributed by atoms with E-state index in [9.17, 15) is 8.42 Å². The Balaban J connectivity index is 2.23. The summed E-state index contributed by atoms with van der Waals surface area (Å²) in [6.07, 6.45) is 0. The minimum Gasteiger partial charge on any atom is -0.223 e. The van der Waals surface area contributed by atoms with Crippen LogP contribution in [0.2, 0.25) is 0 Å². The Hall–Kier alpha value is -1.39. The van der Waals surface area contributed by atoms with Crippen molar-refractivity contribution >= 4 is 31.3 Å². The lowest BCUT2D eigenvalue weighted by molar-refractivity contribution is 0.599. The van der Waals surface area contributed by atoms with Gasteiger partial charge in [0.1, 0.15) is 0 Å². The van der Waals surface area contributed by atoms with E-state index in [4.69, 9.17) is 0 Å². The number of halogens is 1. The van der Waals surface area contributed by atoms with Gasteiger partial charge in [-0.15, -0.1) is 0 Å². The van der Waals surface area contributed by atoms with E-state index < -0.39 is 9.84 Å². The average molecular weight is 337 g/mol. The Kier molecular flexibility index (Phi) is 4.22. The quantitative estimate of drug-likeness (QED) is 0.847. The first-order valence-corrected chi connectivity index (χ1v) is 8.15. The Morgan fingerprint density at radius 3 is 2.16 bits per heavy atom.